The van der Waals surface area contributed by atoms with Crippen LogP contribution < -0.4 is 4.74 Å². The van der Waals surface area contributed by atoms with E-state index in [1.54, 1.807) is 7.11 Å². The van der Waals surface area contributed by atoms with Gasteiger partial charge in [0.1, 0.15) is 10.6 Å². The Morgan fingerprint density at radius 3 is 2.69 bits per heavy atom. The van der Waals surface area contributed by atoms with E-state index in [2.05, 4.69) is 28.6 Å². The first-order valence-electron chi connectivity index (χ1n) is 9.08. The number of thioether (sulfide) groups is 1. The normalized spacial score (nSPS) is 15.2. The van der Waals surface area contributed by atoms with Crippen LogP contribution in [0.4, 0.5) is 0 Å². The van der Waals surface area contributed by atoms with Crippen LogP contribution in [0.15, 0.2) is 29.2 Å². The van der Waals surface area contributed by atoms with Gasteiger partial charge in [-0.15, -0.1) is 16.9 Å². The van der Waals surface area contributed by atoms with Crippen LogP contribution in [0, 0.1) is 5.92 Å². The van der Waals surface area contributed by atoms with Crippen molar-refractivity contribution in [2.24, 2.45) is 5.92 Å². The average Bonchev–Trinajstić information content (AvgIpc) is 3.15. The minimum absolute atomic E-state index is 0.115. The van der Waals surface area contributed by atoms with E-state index >= 15 is 0 Å². The lowest BCUT2D eigenvalue weighted by molar-refractivity contribution is 0.0702. The summed E-state index contributed by atoms with van der Waals surface area (Å²) in [6, 6.07) is 8.21. The molecule has 3 rings (SSSR count). The Morgan fingerprint density at radius 2 is 2.04 bits per heavy atom. The lowest BCUT2D eigenvalue weighted by Crippen LogP contribution is -2.39. The van der Waals surface area contributed by atoms with Gasteiger partial charge in [-0.1, -0.05) is 17.8 Å². The topological polar surface area (TPSA) is 55.3 Å². The van der Waals surface area contributed by atoms with E-state index in [-0.39, 0.29) is 5.91 Å². The lowest BCUT2D eigenvalue weighted by Gasteiger charge is -2.31. The fourth-order valence-corrected chi connectivity index (χ4v) is 4.87. The number of ether oxygens (including phenoxy) is 1. The third-order valence-corrected chi connectivity index (χ3v) is 6.68. The Kier molecular flexibility index (Phi) is 6.91. The number of rotatable bonds is 7. The molecule has 2 heterocycles. The molecule has 1 fully saturated rings. The van der Waals surface area contributed by atoms with E-state index in [1.807, 2.05) is 28.8 Å². The van der Waals surface area contributed by atoms with Gasteiger partial charge in [-0.25, -0.2) is 0 Å². The number of nitrogens with zero attached hydrogens (tertiary/aromatic N) is 3. The number of carbonyl (C=O) groups excluding carboxylic acids is 1. The second-order valence-electron chi connectivity index (χ2n) is 6.52. The maximum absolute atomic E-state index is 12.7. The molecule has 0 spiro atoms. The van der Waals surface area contributed by atoms with Gasteiger partial charge in [-0.2, -0.15) is 0 Å². The Bertz CT molecular complexity index is 710. The quantitative estimate of drug-likeness (QED) is 0.664. The summed E-state index contributed by atoms with van der Waals surface area (Å²) >= 11 is 3.12. The van der Waals surface area contributed by atoms with E-state index in [0.717, 1.165) is 60.8 Å². The largest absolute Gasteiger partial charge is 0.497 e. The first-order valence-corrected chi connectivity index (χ1v) is 10.8. The zero-order valence-corrected chi connectivity index (χ0v) is 16.9. The summed E-state index contributed by atoms with van der Waals surface area (Å²) in [5, 5.41) is 4.12. The molecule has 2 aromatic rings. The number of methoxy groups -OCH3 is 1. The van der Waals surface area contributed by atoms with Crippen LogP contribution in [0.2, 0.25) is 0 Å². The number of hydrogen-bond acceptors (Lipinski definition) is 6. The van der Waals surface area contributed by atoms with Crippen LogP contribution in [0.1, 0.15) is 41.6 Å². The minimum Gasteiger partial charge on any atom is -0.497 e. The molecule has 0 unspecified atom stereocenters. The van der Waals surface area contributed by atoms with Gasteiger partial charge in [0, 0.05) is 23.7 Å². The summed E-state index contributed by atoms with van der Waals surface area (Å²) in [6.45, 7) is 3.76. The molecule has 5 nitrogen and oxygen atoms in total. The fourth-order valence-electron chi connectivity index (χ4n) is 3.10. The summed E-state index contributed by atoms with van der Waals surface area (Å²) in [4.78, 5) is 16.7. The molecule has 7 heteroatoms. The van der Waals surface area contributed by atoms with E-state index in [1.165, 1.54) is 16.4 Å². The van der Waals surface area contributed by atoms with Gasteiger partial charge in [0.25, 0.3) is 5.91 Å². The molecule has 1 aromatic carbocycles. The van der Waals surface area contributed by atoms with E-state index in [4.69, 9.17) is 4.74 Å². The first-order chi connectivity index (χ1) is 12.7. The maximum atomic E-state index is 12.7. The van der Waals surface area contributed by atoms with Crippen molar-refractivity contribution in [1.29, 1.82) is 0 Å². The van der Waals surface area contributed by atoms with Crippen molar-refractivity contribution in [2.75, 3.05) is 26.0 Å². The van der Waals surface area contributed by atoms with Crippen molar-refractivity contribution < 1.29 is 9.53 Å². The van der Waals surface area contributed by atoms with Gasteiger partial charge in [0.2, 0.25) is 0 Å². The van der Waals surface area contributed by atoms with Crippen molar-refractivity contribution in [1.82, 2.24) is 14.5 Å². The zero-order chi connectivity index (χ0) is 18.4. The molecule has 26 heavy (non-hydrogen) atoms. The SMILES string of the molecule is CCCc1nnsc1C(=O)N1CCC(CSc2ccc(OC)cc2)CC1. The number of aromatic nitrogens is 2. The van der Waals surface area contributed by atoms with Gasteiger partial charge >= 0.3 is 0 Å². The van der Waals surface area contributed by atoms with Crippen LogP contribution in [0.25, 0.3) is 0 Å². The van der Waals surface area contributed by atoms with Gasteiger partial charge in [-0.3, -0.25) is 4.79 Å². The highest BCUT2D eigenvalue weighted by Gasteiger charge is 2.26. The summed E-state index contributed by atoms with van der Waals surface area (Å²) < 4.78 is 9.18. The third-order valence-electron chi connectivity index (χ3n) is 4.68. The maximum Gasteiger partial charge on any atom is 0.267 e. The molecular weight excluding hydrogens is 366 g/mol. The van der Waals surface area contributed by atoms with Crippen LogP contribution in [-0.2, 0) is 6.42 Å². The molecular formula is C19H25N3O2S2. The molecule has 1 saturated heterocycles. The summed E-state index contributed by atoms with van der Waals surface area (Å²) in [6.07, 6.45) is 3.93. The van der Waals surface area contributed by atoms with Crippen LogP contribution in [0.3, 0.4) is 0 Å². The van der Waals surface area contributed by atoms with Gasteiger partial charge < -0.3 is 9.64 Å². The summed E-state index contributed by atoms with van der Waals surface area (Å²) in [5.41, 5.74) is 0.861. The Hall–Kier alpha value is -1.60. The second-order valence-corrected chi connectivity index (χ2v) is 8.37. The second kappa shape index (κ2) is 9.37. The average molecular weight is 392 g/mol. The predicted molar refractivity (Wildman–Crippen MR) is 106 cm³/mol. The molecule has 140 valence electrons. The summed E-state index contributed by atoms with van der Waals surface area (Å²) in [7, 11) is 1.69. The van der Waals surface area contributed by atoms with Gasteiger partial charge in [0.05, 0.1) is 12.8 Å². The molecule has 0 atom stereocenters. The van der Waals surface area contributed by atoms with Crippen LogP contribution in [0.5, 0.6) is 5.75 Å². The fraction of sp³-hybridized carbons (Fsp3) is 0.526. The number of hydrogen-bond donors (Lipinski definition) is 0. The van der Waals surface area contributed by atoms with Crippen molar-refractivity contribution in [3.8, 4) is 5.75 Å². The molecule has 0 aliphatic carbocycles. The number of amides is 1. The van der Waals surface area contributed by atoms with E-state index < -0.39 is 0 Å². The van der Waals surface area contributed by atoms with Crippen molar-refractivity contribution in [3.63, 3.8) is 0 Å². The molecule has 0 saturated carbocycles. The monoisotopic (exact) mass is 391 g/mol. The number of piperidine rings is 1. The molecule has 0 bridgehead atoms. The minimum atomic E-state index is 0.115. The predicted octanol–water partition coefficient (Wildman–Crippen LogP) is 4.14. The zero-order valence-electron chi connectivity index (χ0n) is 15.3. The molecule has 1 aromatic heterocycles. The van der Waals surface area contributed by atoms with Gasteiger partial charge in [0.15, 0.2) is 0 Å². The van der Waals surface area contributed by atoms with Crippen LogP contribution in [-0.4, -0.2) is 46.3 Å². The van der Waals surface area contributed by atoms with E-state index in [9.17, 15) is 4.79 Å². The van der Waals surface area contributed by atoms with Crippen molar-refractivity contribution >= 4 is 29.2 Å². The molecule has 1 amide bonds. The Morgan fingerprint density at radius 1 is 1.31 bits per heavy atom. The molecule has 1 aliphatic rings. The van der Waals surface area contributed by atoms with E-state index in [0.29, 0.717) is 5.92 Å². The van der Waals surface area contributed by atoms with Crippen LogP contribution >= 0.6 is 23.3 Å². The highest BCUT2D eigenvalue weighted by molar-refractivity contribution is 7.99. The first kappa shape index (κ1) is 19.2. The van der Waals surface area contributed by atoms with Crippen molar-refractivity contribution in [2.45, 2.75) is 37.5 Å². The smallest absolute Gasteiger partial charge is 0.267 e. The number of benzene rings is 1. The van der Waals surface area contributed by atoms with Crippen molar-refractivity contribution in [3.05, 3.63) is 34.8 Å². The Balaban J connectivity index is 1.47. The summed E-state index contributed by atoms with van der Waals surface area (Å²) in [5.74, 6) is 2.75. The Labute approximate surface area is 163 Å². The third kappa shape index (κ3) is 4.76. The van der Waals surface area contributed by atoms with Gasteiger partial charge in [-0.05, 0) is 61.0 Å². The number of carbonyl (C=O) groups is 1. The highest BCUT2D eigenvalue weighted by Crippen LogP contribution is 2.28. The standard InChI is InChI=1S/C19H25N3O2S2/c1-3-4-17-18(26-21-20-17)19(23)22-11-9-14(10-12-22)13-25-16-7-5-15(24-2)6-8-16/h5-8,14H,3-4,9-13H2,1-2H3. The molecule has 0 radical (unpaired) electrons. The lowest BCUT2D eigenvalue weighted by atomic mass is 9.99. The molecule has 0 N–H and O–H groups in total. The highest BCUT2D eigenvalue weighted by atomic mass is 32.2. The molecule has 1 aliphatic heterocycles. The number of likely N-dealkylation sites (tertiary alicyclic amines) is 1. The number of aryl methyl sites for hydroxylation is 1.